The molecule has 1 rings (SSSR count). The Morgan fingerprint density at radius 1 is 1.33 bits per heavy atom. The number of rotatable bonds is 3. The van der Waals surface area contributed by atoms with Crippen LogP contribution in [0.4, 0.5) is 0 Å². The Bertz CT molecular complexity index is 493. The lowest BCUT2D eigenvalue weighted by atomic mass is 9.86. The van der Waals surface area contributed by atoms with Gasteiger partial charge in [-0.15, -0.1) is 0 Å². The fraction of sp³-hybridized carbons (Fsp3) is 0.417. The molecule has 1 unspecified atom stereocenters. The average molecular weight is 252 g/mol. The van der Waals surface area contributed by atoms with Crippen molar-refractivity contribution in [1.82, 2.24) is 10.3 Å². The molecular weight excluding hydrogens is 236 g/mol. The largest absolute Gasteiger partial charge is 0.480 e. The fourth-order valence-corrected chi connectivity index (χ4v) is 1.41. The summed E-state index contributed by atoms with van der Waals surface area (Å²) in [7, 11) is 0. The topological polar surface area (TPSA) is 99.3 Å². The number of pyridine rings is 1. The van der Waals surface area contributed by atoms with Gasteiger partial charge in [-0.3, -0.25) is 9.59 Å². The molecule has 1 heterocycles. The van der Waals surface area contributed by atoms with E-state index in [4.69, 9.17) is 5.11 Å². The Morgan fingerprint density at radius 2 is 1.94 bits per heavy atom. The number of carboxylic acid groups (broad SMARTS) is 1. The number of nitrogens with one attached hydrogen (secondary N) is 2. The third-order valence-corrected chi connectivity index (χ3v) is 2.43. The number of carbonyl (C=O) groups is 2. The van der Waals surface area contributed by atoms with Gasteiger partial charge in [-0.25, -0.2) is 4.79 Å². The van der Waals surface area contributed by atoms with Gasteiger partial charge in [-0.05, 0) is 11.5 Å². The highest BCUT2D eigenvalue weighted by Crippen LogP contribution is 2.19. The predicted molar refractivity (Wildman–Crippen MR) is 65.4 cm³/mol. The summed E-state index contributed by atoms with van der Waals surface area (Å²) in [6.07, 6.45) is 1.25. The maximum Gasteiger partial charge on any atom is 0.326 e. The monoisotopic (exact) mass is 252 g/mol. The van der Waals surface area contributed by atoms with E-state index in [2.05, 4.69) is 10.3 Å². The molecule has 0 aliphatic heterocycles. The Kier molecular flexibility index (Phi) is 3.90. The molecule has 0 spiro atoms. The first kappa shape index (κ1) is 14.0. The number of carbonyl (C=O) groups excluding carboxylic acids is 1. The van der Waals surface area contributed by atoms with Crippen LogP contribution in [0, 0.1) is 5.41 Å². The van der Waals surface area contributed by atoms with Crippen molar-refractivity contribution >= 4 is 11.9 Å². The Labute approximate surface area is 104 Å². The van der Waals surface area contributed by atoms with E-state index in [0.29, 0.717) is 0 Å². The van der Waals surface area contributed by atoms with Crippen molar-refractivity contribution in [1.29, 1.82) is 0 Å². The minimum absolute atomic E-state index is 0.213. The quantitative estimate of drug-likeness (QED) is 0.733. The van der Waals surface area contributed by atoms with E-state index >= 15 is 0 Å². The van der Waals surface area contributed by atoms with Crippen molar-refractivity contribution in [2.45, 2.75) is 26.8 Å². The number of aliphatic carboxylic acids is 1. The molecule has 0 radical (unpaired) electrons. The van der Waals surface area contributed by atoms with Crippen molar-refractivity contribution in [3.63, 3.8) is 0 Å². The molecule has 18 heavy (non-hydrogen) atoms. The molecule has 0 fully saturated rings. The van der Waals surface area contributed by atoms with Gasteiger partial charge in [0.15, 0.2) is 0 Å². The number of aromatic amines is 1. The first-order valence-corrected chi connectivity index (χ1v) is 5.44. The summed E-state index contributed by atoms with van der Waals surface area (Å²) in [5.74, 6) is -1.63. The lowest BCUT2D eigenvalue weighted by Crippen LogP contribution is -2.49. The first-order valence-electron chi connectivity index (χ1n) is 5.44. The summed E-state index contributed by atoms with van der Waals surface area (Å²) in [5, 5.41) is 11.5. The van der Waals surface area contributed by atoms with E-state index in [-0.39, 0.29) is 11.1 Å². The van der Waals surface area contributed by atoms with Gasteiger partial charge in [0.1, 0.15) is 6.04 Å². The number of hydrogen-bond donors (Lipinski definition) is 3. The van der Waals surface area contributed by atoms with Crippen LogP contribution in [0.1, 0.15) is 31.1 Å². The van der Waals surface area contributed by atoms with Crippen LogP contribution in [0.5, 0.6) is 0 Å². The van der Waals surface area contributed by atoms with E-state index in [1.165, 1.54) is 18.3 Å². The lowest BCUT2D eigenvalue weighted by Gasteiger charge is -2.27. The molecule has 1 aromatic rings. The van der Waals surface area contributed by atoms with Gasteiger partial charge < -0.3 is 15.4 Å². The summed E-state index contributed by atoms with van der Waals surface area (Å²) in [6.45, 7) is 5.16. The molecule has 0 aliphatic carbocycles. The highest BCUT2D eigenvalue weighted by atomic mass is 16.4. The standard InChI is InChI=1S/C12H16N2O4/c1-12(2,3)9(11(17)18)14-10(16)7-4-5-8(15)13-6-7/h4-6,9H,1-3H3,(H,13,15)(H,14,16)(H,17,18). The summed E-state index contributed by atoms with van der Waals surface area (Å²) in [4.78, 5) is 36.1. The minimum atomic E-state index is -1.10. The van der Waals surface area contributed by atoms with E-state index in [0.717, 1.165) is 0 Å². The SMILES string of the molecule is CC(C)(C)C(NC(=O)c1ccc(=O)[nH]c1)C(=O)O. The van der Waals surface area contributed by atoms with Crippen LogP contribution in [0.2, 0.25) is 0 Å². The second kappa shape index (κ2) is 5.03. The van der Waals surface area contributed by atoms with Crippen LogP contribution < -0.4 is 10.9 Å². The molecule has 98 valence electrons. The molecule has 6 heteroatoms. The predicted octanol–water partition coefficient (Wildman–Crippen LogP) is 0.604. The van der Waals surface area contributed by atoms with Crippen LogP contribution in [0.25, 0.3) is 0 Å². The maximum absolute atomic E-state index is 11.8. The molecule has 0 aromatic carbocycles. The summed E-state index contributed by atoms with van der Waals surface area (Å²) >= 11 is 0. The van der Waals surface area contributed by atoms with Crippen molar-refractivity contribution in [3.05, 3.63) is 34.2 Å². The number of H-pyrrole nitrogens is 1. The van der Waals surface area contributed by atoms with Crippen molar-refractivity contribution in [2.24, 2.45) is 5.41 Å². The summed E-state index contributed by atoms with van der Waals surface area (Å²) in [6, 6.07) is 1.55. The molecule has 0 saturated carbocycles. The van der Waals surface area contributed by atoms with E-state index in [9.17, 15) is 14.4 Å². The van der Waals surface area contributed by atoms with Crippen LogP contribution in [-0.4, -0.2) is 28.0 Å². The highest BCUT2D eigenvalue weighted by Gasteiger charge is 2.32. The summed E-state index contributed by atoms with van der Waals surface area (Å²) in [5.41, 5.74) is -0.716. The molecule has 0 aliphatic rings. The molecule has 1 aromatic heterocycles. The third-order valence-electron chi connectivity index (χ3n) is 2.43. The van der Waals surface area contributed by atoms with Gasteiger partial charge in [0, 0.05) is 12.3 Å². The van der Waals surface area contributed by atoms with Gasteiger partial charge in [-0.2, -0.15) is 0 Å². The fourth-order valence-electron chi connectivity index (χ4n) is 1.41. The lowest BCUT2D eigenvalue weighted by molar-refractivity contribution is -0.142. The zero-order valence-electron chi connectivity index (χ0n) is 10.5. The summed E-state index contributed by atoms with van der Waals surface area (Å²) < 4.78 is 0. The first-order chi connectivity index (χ1) is 8.21. The zero-order chi connectivity index (χ0) is 13.9. The highest BCUT2D eigenvalue weighted by molar-refractivity contribution is 5.96. The molecule has 0 bridgehead atoms. The van der Waals surface area contributed by atoms with Crippen molar-refractivity contribution < 1.29 is 14.7 Å². The Morgan fingerprint density at radius 3 is 2.33 bits per heavy atom. The second-order valence-corrected chi connectivity index (χ2v) is 5.05. The molecule has 1 atom stereocenters. The number of carboxylic acids is 1. The van der Waals surface area contributed by atoms with E-state index < -0.39 is 23.3 Å². The number of amides is 1. The van der Waals surface area contributed by atoms with Gasteiger partial charge in [0.05, 0.1) is 5.56 Å². The van der Waals surface area contributed by atoms with Crippen LogP contribution in [0.3, 0.4) is 0 Å². The van der Waals surface area contributed by atoms with E-state index in [1.807, 2.05) is 0 Å². The molecule has 3 N–H and O–H groups in total. The van der Waals surface area contributed by atoms with Crippen LogP contribution in [0.15, 0.2) is 23.1 Å². The minimum Gasteiger partial charge on any atom is -0.480 e. The van der Waals surface area contributed by atoms with Crippen molar-refractivity contribution in [2.75, 3.05) is 0 Å². The second-order valence-electron chi connectivity index (χ2n) is 5.05. The number of hydrogen-bond acceptors (Lipinski definition) is 3. The van der Waals surface area contributed by atoms with Crippen LogP contribution in [-0.2, 0) is 4.79 Å². The van der Waals surface area contributed by atoms with Gasteiger partial charge in [0.25, 0.3) is 5.91 Å². The maximum atomic E-state index is 11.8. The number of aromatic nitrogens is 1. The molecular formula is C12H16N2O4. The smallest absolute Gasteiger partial charge is 0.326 e. The average Bonchev–Trinajstić information content (AvgIpc) is 2.24. The molecule has 1 amide bonds. The van der Waals surface area contributed by atoms with Crippen LogP contribution >= 0.6 is 0 Å². The molecule has 6 nitrogen and oxygen atoms in total. The molecule has 0 saturated heterocycles. The Balaban J connectivity index is 2.89. The van der Waals surface area contributed by atoms with E-state index in [1.54, 1.807) is 20.8 Å². The van der Waals surface area contributed by atoms with Crippen molar-refractivity contribution in [3.8, 4) is 0 Å². The zero-order valence-corrected chi connectivity index (χ0v) is 10.5. The third kappa shape index (κ3) is 3.44. The van der Waals surface area contributed by atoms with Gasteiger partial charge in [-0.1, -0.05) is 20.8 Å². The Hall–Kier alpha value is -2.11. The van der Waals surface area contributed by atoms with Gasteiger partial charge >= 0.3 is 5.97 Å². The normalized spacial score (nSPS) is 12.8. The van der Waals surface area contributed by atoms with Gasteiger partial charge in [0.2, 0.25) is 5.56 Å².